The third-order valence-electron chi connectivity index (χ3n) is 5.66. The summed E-state index contributed by atoms with van der Waals surface area (Å²) >= 11 is 0. The molecule has 0 N–H and O–H groups in total. The van der Waals surface area contributed by atoms with E-state index in [0.29, 0.717) is 6.16 Å². The number of rotatable bonds is 7. The summed E-state index contributed by atoms with van der Waals surface area (Å²) in [5, 5.41) is 3.71. The van der Waals surface area contributed by atoms with Crippen LogP contribution in [0, 0.1) is 0 Å². The number of aryl methyl sites for hydroxylation is 1. The van der Waals surface area contributed by atoms with Gasteiger partial charge in [-0.1, -0.05) is 85.8 Å². The van der Waals surface area contributed by atoms with Crippen molar-refractivity contribution in [1.82, 2.24) is 0 Å². The van der Waals surface area contributed by atoms with E-state index in [2.05, 4.69) is 91.9 Å². The average molecular weight is 409 g/mol. The van der Waals surface area contributed by atoms with E-state index in [4.69, 9.17) is 0 Å². The predicted octanol–water partition coefficient (Wildman–Crippen LogP) is 5.43. The van der Waals surface area contributed by atoms with Gasteiger partial charge in [0, 0.05) is 5.56 Å². The van der Waals surface area contributed by atoms with Crippen LogP contribution >= 0.6 is 7.26 Å². The Balaban J connectivity index is 1.89. The Morgan fingerprint density at radius 1 is 0.600 bits per heavy atom. The van der Waals surface area contributed by atoms with Crippen molar-refractivity contribution in [1.29, 1.82) is 0 Å². The monoisotopic (exact) mass is 409 g/mol. The molecule has 0 fully saturated rings. The van der Waals surface area contributed by atoms with Crippen LogP contribution < -0.4 is 15.9 Å². The highest BCUT2D eigenvalue weighted by Gasteiger charge is 2.47. The van der Waals surface area contributed by atoms with Crippen LogP contribution in [0.15, 0.2) is 115 Å². The summed E-state index contributed by atoms with van der Waals surface area (Å²) in [5.74, 6) is 0.197. The summed E-state index contributed by atoms with van der Waals surface area (Å²) in [6, 6.07) is 39.8. The second-order valence-electron chi connectivity index (χ2n) is 7.45. The van der Waals surface area contributed by atoms with Crippen molar-refractivity contribution in [3.63, 3.8) is 0 Å². The maximum Gasteiger partial charge on any atom is 0.201 e. The molecule has 4 rings (SSSR count). The Morgan fingerprint density at radius 2 is 1.00 bits per heavy atom. The lowest BCUT2D eigenvalue weighted by Gasteiger charge is -2.27. The van der Waals surface area contributed by atoms with Gasteiger partial charge in [0.25, 0.3) is 0 Å². The summed E-state index contributed by atoms with van der Waals surface area (Å²) in [6.07, 6.45) is 1.46. The first-order valence-corrected chi connectivity index (χ1v) is 12.4. The van der Waals surface area contributed by atoms with Gasteiger partial charge in [0.2, 0.25) is 5.78 Å². The first kappa shape index (κ1) is 20.3. The SMILES string of the molecule is CCc1ccc(C(=O)C[P+](c2ccccc2)(c2ccccc2)c2ccccc2)cc1. The lowest BCUT2D eigenvalue weighted by atomic mass is 10.1. The fourth-order valence-corrected chi connectivity index (χ4v) is 8.10. The zero-order chi connectivity index (χ0) is 20.8. The molecule has 0 spiro atoms. The second-order valence-corrected chi connectivity index (χ2v) is 10.9. The molecule has 0 aliphatic rings. The molecule has 0 aromatic heterocycles. The minimum absolute atomic E-state index is 0.197. The predicted molar refractivity (Wildman–Crippen MR) is 130 cm³/mol. The zero-order valence-corrected chi connectivity index (χ0v) is 18.1. The van der Waals surface area contributed by atoms with Gasteiger partial charge in [0.1, 0.15) is 29.3 Å². The molecule has 2 heteroatoms. The summed E-state index contributed by atoms with van der Waals surface area (Å²) < 4.78 is 0. The van der Waals surface area contributed by atoms with E-state index in [1.54, 1.807) is 0 Å². The van der Waals surface area contributed by atoms with Crippen LogP contribution in [0.4, 0.5) is 0 Å². The first-order valence-electron chi connectivity index (χ1n) is 10.4. The van der Waals surface area contributed by atoms with E-state index in [-0.39, 0.29) is 5.78 Å². The van der Waals surface area contributed by atoms with Crippen molar-refractivity contribution in [2.75, 3.05) is 6.16 Å². The Hall–Kier alpha value is -3.02. The van der Waals surface area contributed by atoms with Gasteiger partial charge < -0.3 is 0 Å². The molecule has 1 nitrogen and oxygen atoms in total. The minimum Gasteiger partial charge on any atom is -0.290 e. The molecule has 0 aliphatic carbocycles. The molecule has 0 bridgehead atoms. The van der Waals surface area contributed by atoms with Gasteiger partial charge >= 0.3 is 0 Å². The van der Waals surface area contributed by atoms with Gasteiger partial charge in [-0.15, -0.1) is 0 Å². The first-order chi connectivity index (χ1) is 14.7. The quantitative estimate of drug-likeness (QED) is 0.294. The highest BCUT2D eigenvalue weighted by Crippen LogP contribution is 2.55. The normalized spacial score (nSPS) is 11.2. The van der Waals surface area contributed by atoms with Gasteiger partial charge in [-0.25, -0.2) is 0 Å². The molecular weight excluding hydrogens is 383 g/mol. The maximum atomic E-state index is 13.6. The molecule has 4 aromatic rings. The molecule has 0 amide bonds. The van der Waals surface area contributed by atoms with Gasteiger partial charge in [-0.2, -0.15) is 0 Å². The van der Waals surface area contributed by atoms with Crippen molar-refractivity contribution in [3.8, 4) is 0 Å². The highest BCUT2D eigenvalue weighted by molar-refractivity contribution is 7.96. The second kappa shape index (κ2) is 9.20. The van der Waals surface area contributed by atoms with Crippen molar-refractivity contribution in [2.24, 2.45) is 0 Å². The molecular formula is C28H26OP+. The van der Waals surface area contributed by atoms with Crippen LogP contribution in [0.1, 0.15) is 22.8 Å². The average Bonchev–Trinajstić information content (AvgIpc) is 2.84. The molecule has 0 heterocycles. The Morgan fingerprint density at radius 3 is 1.37 bits per heavy atom. The zero-order valence-electron chi connectivity index (χ0n) is 17.2. The molecule has 0 aliphatic heterocycles. The van der Waals surface area contributed by atoms with Gasteiger partial charge in [0.15, 0.2) is 0 Å². The number of Topliss-reactive ketones (excluding diaryl/α,β-unsaturated/α-hetero) is 1. The number of hydrogen-bond acceptors (Lipinski definition) is 1. The topological polar surface area (TPSA) is 17.1 Å². The van der Waals surface area contributed by atoms with E-state index in [9.17, 15) is 4.79 Å². The van der Waals surface area contributed by atoms with Crippen LogP contribution in [0.5, 0.6) is 0 Å². The standard InChI is InChI=1S/C28H26OP/c1-2-23-18-20-24(21-19-23)28(29)22-30(25-12-6-3-7-13-25,26-14-8-4-9-15-26)27-16-10-5-11-17-27/h3-21H,2,22H2,1H3/q+1. The molecule has 0 unspecified atom stereocenters. The molecule has 148 valence electrons. The lowest BCUT2D eigenvalue weighted by molar-refractivity contribution is 0.102. The molecule has 4 aromatic carbocycles. The smallest absolute Gasteiger partial charge is 0.201 e. The summed E-state index contributed by atoms with van der Waals surface area (Å²) in [5.41, 5.74) is 2.04. The maximum absolute atomic E-state index is 13.6. The van der Waals surface area contributed by atoms with Gasteiger partial charge in [0.05, 0.1) is 0 Å². The van der Waals surface area contributed by atoms with Crippen LogP contribution in [0.25, 0.3) is 0 Å². The highest BCUT2D eigenvalue weighted by atomic mass is 31.2. The van der Waals surface area contributed by atoms with Gasteiger partial charge in [-0.05, 0) is 48.4 Å². The molecule has 0 atom stereocenters. The van der Waals surface area contributed by atoms with Crippen molar-refractivity contribution < 1.29 is 4.79 Å². The largest absolute Gasteiger partial charge is 0.290 e. The molecule has 0 radical (unpaired) electrons. The Kier molecular flexibility index (Phi) is 6.21. The third kappa shape index (κ3) is 3.99. The van der Waals surface area contributed by atoms with Crippen LogP contribution in [-0.2, 0) is 6.42 Å². The summed E-state index contributed by atoms with van der Waals surface area (Å²) in [6.45, 7) is 2.13. The Bertz CT molecular complexity index is 991. The number of hydrogen-bond donors (Lipinski definition) is 0. The number of carbonyl (C=O) groups excluding carboxylic acids is 1. The van der Waals surface area contributed by atoms with Crippen LogP contribution in [0.3, 0.4) is 0 Å². The van der Waals surface area contributed by atoms with Crippen molar-refractivity contribution >= 4 is 29.0 Å². The number of ketones is 1. The molecule has 30 heavy (non-hydrogen) atoms. The molecule has 0 saturated carbocycles. The Labute approximate surface area is 179 Å². The van der Waals surface area contributed by atoms with Crippen molar-refractivity contribution in [2.45, 2.75) is 13.3 Å². The fraction of sp³-hybridized carbons (Fsp3) is 0.107. The van der Waals surface area contributed by atoms with Crippen molar-refractivity contribution in [3.05, 3.63) is 126 Å². The molecule has 0 saturated heterocycles. The van der Waals surface area contributed by atoms with Gasteiger partial charge in [-0.3, -0.25) is 4.79 Å². The summed E-state index contributed by atoms with van der Waals surface area (Å²) in [7, 11) is -2.14. The van der Waals surface area contributed by atoms with E-state index in [1.807, 2.05) is 30.3 Å². The van der Waals surface area contributed by atoms with E-state index >= 15 is 0 Å². The fourth-order valence-electron chi connectivity index (χ4n) is 4.00. The van der Waals surface area contributed by atoms with Crippen LogP contribution in [0.2, 0.25) is 0 Å². The lowest BCUT2D eigenvalue weighted by Crippen LogP contribution is -2.35. The van der Waals surface area contributed by atoms with E-state index in [0.717, 1.165) is 12.0 Å². The van der Waals surface area contributed by atoms with E-state index in [1.165, 1.54) is 21.5 Å². The number of carbonyl (C=O) groups is 1. The summed E-state index contributed by atoms with van der Waals surface area (Å²) in [4.78, 5) is 13.6. The minimum atomic E-state index is -2.14. The number of benzene rings is 4. The van der Waals surface area contributed by atoms with E-state index < -0.39 is 7.26 Å². The third-order valence-corrected chi connectivity index (χ3v) is 9.96. The van der Waals surface area contributed by atoms with Crippen LogP contribution in [-0.4, -0.2) is 11.9 Å².